The summed E-state index contributed by atoms with van der Waals surface area (Å²) in [7, 11) is 1.81. The Morgan fingerprint density at radius 2 is 2.05 bits per heavy atom. The van der Waals surface area contributed by atoms with E-state index in [9.17, 15) is 5.11 Å². The highest BCUT2D eigenvalue weighted by atomic mass is 16.5. The Labute approximate surface area is 130 Å². The first-order valence-electron chi connectivity index (χ1n) is 8.82. The zero-order chi connectivity index (χ0) is 15.1. The first-order valence-corrected chi connectivity index (χ1v) is 8.82. The normalized spacial score (nSPS) is 32.4. The summed E-state index contributed by atoms with van der Waals surface area (Å²) in [6.07, 6.45) is 8.43. The van der Waals surface area contributed by atoms with Crippen LogP contribution in [-0.4, -0.2) is 61.5 Å². The van der Waals surface area contributed by atoms with Crippen LogP contribution in [0.4, 0.5) is 0 Å². The second-order valence-corrected chi connectivity index (χ2v) is 7.05. The van der Waals surface area contributed by atoms with Crippen molar-refractivity contribution in [2.45, 2.75) is 63.5 Å². The molecule has 1 aliphatic heterocycles. The number of aliphatic hydroxyl groups excluding tert-OH is 1. The van der Waals surface area contributed by atoms with Crippen molar-refractivity contribution in [1.29, 1.82) is 0 Å². The summed E-state index contributed by atoms with van der Waals surface area (Å²) >= 11 is 0. The first kappa shape index (κ1) is 17.2. The SMILES string of the molecule is CCCNC1(CO)CCCC(N2CCC(COC)CC2)C1. The third-order valence-electron chi connectivity index (χ3n) is 5.44. The van der Waals surface area contributed by atoms with Crippen molar-refractivity contribution in [2.24, 2.45) is 5.92 Å². The van der Waals surface area contributed by atoms with Crippen molar-refractivity contribution in [3.63, 3.8) is 0 Å². The number of piperidine rings is 1. The Morgan fingerprint density at radius 3 is 2.67 bits per heavy atom. The highest BCUT2D eigenvalue weighted by Crippen LogP contribution is 2.33. The monoisotopic (exact) mass is 298 g/mol. The van der Waals surface area contributed by atoms with Gasteiger partial charge >= 0.3 is 0 Å². The van der Waals surface area contributed by atoms with Gasteiger partial charge in [-0.2, -0.15) is 0 Å². The number of likely N-dealkylation sites (tertiary alicyclic amines) is 1. The van der Waals surface area contributed by atoms with Gasteiger partial charge in [0.05, 0.1) is 6.61 Å². The molecule has 2 fully saturated rings. The van der Waals surface area contributed by atoms with E-state index in [0.29, 0.717) is 6.04 Å². The Bertz CT molecular complexity index is 293. The van der Waals surface area contributed by atoms with Crippen LogP contribution in [0.1, 0.15) is 51.9 Å². The molecule has 1 aliphatic carbocycles. The molecule has 0 aromatic rings. The summed E-state index contributed by atoms with van der Waals surface area (Å²) in [6.45, 7) is 6.81. The predicted molar refractivity (Wildman–Crippen MR) is 86.5 cm³/mol. The van der Waals surface area contributed by atoms with Crippen LogP contribution < -0.4 is 5.32 Å². The summed E-state index contributed by atoms with van der Waals surface area (Å²) in [5.41, 5.74) is -0.0255. The molecule has 0 spiro atoms. The van der Waals surface area contributed by atoms with Gasteiger partial charge in [0.1, 0.15) is 0 Å². The fraction of sp³-hybridized carbons (Fsp3) is 1.00. The van der Waals surface area contributed by atoms with Crippen LogP contribution in [0.15, 0.2) is 0 Å². The largest absolute Gasteiger partial charge is 0.394 e. The van der Waals surface area contributed by atoms with Crippen molar-refractivity contribution >= 4 is 0 Å². The zero-order valence-corrected chi connectivity index (χ0v) is 13.9. The van der Waals surface area contributed by atoms with E-state index in [1.807, 2.05) is 7.11 Å². The lowest BCUT2D eigenvalue weighted by molar-refractivity contribution is 0.0312. The molecule has 4 heteroatoms. The molecular weight excluding hydrogens is 264 g/mol. The molecule has 0 aromatic carbocycles. The molecule has 2 rings (SSSR count). The van der Waals surface area contributed by atoms with Crippen LogP contribution in [0.25, 0.3) is 0 Å². The summed E-state index contributed by atoms with van der Waals surface area (Å²) < 4.78 is 5.30. The van der Waals surface area contributed by atoms with Gasteiger partial charge in [-0.05, 0) is 70.5 Å². The maximum Gasteiger partial charge on any atom is 0.0613 e. The van der Waals surface area contributed by atoms with Gasteiger partial charge in [-0.3, -0.25) is 0 Å². The third-order valence-corrected chi connectivity index (χ3v) is 5.44. The van der Waals surface area contributed by atoms with Crippen LogP contribution >= 0.6 is 0 Å². The van der Waals surface area contributed by atoms with Crippen LogP contribution in [0.5, 0.6) is 0 Å². The Morgan fingerprint density at radius 1 is 1.29 bits per heavy atom. The Kier molecular flexibility index (Phi) is 6.93. The van der Waals surface area contributed by atoms with Crippen molar-refractivity contribution in [2.75, 3.05) is 40.0 Å². The second kappa shape index (κ2) is 8.47. The number of ether oxygens (including phenoxy) is 1. The number of methoxy groups -OCH3 is 1. The average Bonchev–Trinajstić information content (AvgIpc) is 2.54. The molecule has 1 saturated heterocycles. The van der Waals surface area contributed by atoms with E-state index in [1.54, 1.807) is 0 Å². The molecule has 1 heterocycles. The number of hydrogen-bond acceptors (Lipinski definition) is 4. The van der Waals surface area contributed by atoms with Crippen LogP contribution in [0.3, 0.4) is 0 Å². The van der Waals surface area contributed by atoms with Gasteiger partial charge in [0, 0.05) is 25.3 Å². The molecule has 2 unspecified atom stereocenters. The van der Waals surface area contributed by atoms with Gasteiger partial charge < -0.3 is 20.1 Å². The zero-order valence-electron chi connectivity index (χ0n) is 13.9. The van der Waals surface area contributed by atoms with E-state index in [2.05, 4.69) is 17.1 Å². The number of nitrogens with one attached hydrogen (secondary N) is 1. The smallest absolute Gasteiger partial charge is 0.0613 e. The maximum atomic E-state index is 9.90. The van der Waals surface area contributed by atoms with Crippen molar-refractivity contribution in [3.8, 4) is 0 Å². The fourth-order valence-electron chi connectivity index (χ4n) is 4.11. The molecule has 124 valence electrons. The predicted octanol–water partition coefficient (Wildman–Crippen LogP) is 2.02. The van der Waals surface area contributed by atoms with E-state index >= 15 is 0 Å². The molecule has 2 atom stereocenters. The number of rotatable bonds is 7. The second-order valence-electron chi connectivity index (χ2n) is 7.05. The van der Waals surface area contributed by atoms with Crippen molar-refractivity contribution in [3.05, 3.63) is 0 Å². The quantitative estimate of drug-likeness (QED) is 0.755. The van der Waals surface area contributed by atoms with Gasteiger partial charge in [0.25, 0.3) is 0 Å². The highest BCUT2D eigenvalue weighted by molar-refractivity contribution is 4.97. The lowest BCUT2D eigenvalue weighted by atomic mass is 9.78. The molecule has 1 saturated carbocycles. The lowest BCUT2D eigenvalue weighted by Crippen LogP contribution is -2.56. The Balaban J connectivity index is 1.86. The highest BCUT2D eigenvalue weighted by Gasteiger charge is 2.38. The van der Waals surface area contributed by atoms with E-state index in [-0.39, 0.29) is 12.1 Å². The third kappa shape index (κ3) is 4.65. The minimum absolute atomic E-state index is 0.0255. The van der Waals surface area contributed by atoms with Crippen LogP contribution in [0, 0.1) is 5.92 Å². The Hall–Kier alpha value is -0.160. The average molecular weight is 298 g/mol. The molecule has 21 heavy (non-hydrogen) atoms. The molecule has 0 aromatic heterocycles. The van der Waals surface area contributed by atoms with Gasteiger partial charge in [0.2, 0.25) is 0 Å². The van der Waals surface area contributed by atoms with E-state index in [0.717, 1.165) is 38.3 Å². The van der Waals surface area contributed by atoms with E-state index in [4.69, 9.17) is 4.74 Å². The number of nitrogens with zero attached hydrogens (tertiary/aromatic N) is 1. The number of aliphatic hydroxyl groups is 1. The maximum absolute atomic E-state index is 9.90. The van der Waals surface area contributed by atoms with Gasteiger partial charge in [0.15, 0.2) is 0 Å². The van der Waals surface area contributed by atoms with Crippen LogP contribution in [0.2, 0.25) is 0 Å². The van der Waals surface area contributed by atoms with Crippen molar-refractivity contribution in [1.82, 2.24) is 10.2 Å². The van der Waals surface area contributed by atoms with Gasteiger partial charge in [-0.25, -0.2) is 0 Å². The molecule has 0 bridgehead atoms. The van der Waals surface area contributed by atoms with Gasteiger partial charge in [-0.15, -0.1) is 0 Å². The fourth-order valence-corrected chi connectivity index (χ4v) is 4.11. The molecule has 2 N–H and O–H groups in total. The van der Waals surface area contributed by atoms with E-state index < -0.39 is 0 Å². The number of hydrogen-bond donors (Lipinski definition) is 2. The van der Waals surface area contributed by atoms with Gasteiger partial charge in [-0.1, -0.05) is 6.92 Å². The minimum Gasteiger partial charge on any atom is -0.394 e. The molecular formula is C17H34N2O2. The topological polar surface area (TPSA) is 44.7 Å². The summed E-state index contributed by atoms with van der Waals surface area (Å²) in [4.78, 5) is 2.67. The summed E-state index contributed by atoms with van der Waals surface area (Å²) in [6, 6.07) is 0.652. The standard InChI is InChI=1S/C17H34N2O2/c1-3-9-18-17(14-20)8-4-5-16(12-17)19-10-6-15(7-11-19)13-21-2/h15-16,18,20H,3-14H2,1-2H3. The lowest BCUT2D eigenvalue weighted by Gasteiger charge is -2.46. The minimum atomic E-state index is -0.0255. The van der Waals surface area contributed by atoms with Crippen molar-refractivity contribution < 1.29 is 9.84 Å². The first-order chi connectivity index (χ1) is 10.2. The molecule has 4 nitrogen and oxygen atoms in total. The molecule has 0 amide bonds. The summed E-state index contributed by atoms with van der Waals surface area (Å²) in [5, 5.41) is 13.5. The van der Waals surface area contributed by atoms with Crippen LogP contribution in [-0.2, 0) is 4.74 Å². The molecule has 2 aliphatic rings. The summed E-state index contributed by atoms with van der Waals surface area (Å²) in [5.74, 6) is 0.746. The molecule has 0 radical (unpaired) electrons. The van der Waals surface area contributed by atoms with E-state index in [1.165, 1.54) is 38.8 Å².